The van der Waals surface area contributed by atoms with Crippen LogP contribution >= 0.6 is 11.3 Å². The zero-order valence-electron chi connectivity index (χ0n) is 19.6. The number of aliphatic hydroxyl groups excluding tert-OH is 1. The molecular formula is C25H30N6O3S. The van der Waals surface area contributed by atoms with Crippen LogP contribution in [0.25, 0.3) is 0 Å². The molecule has 1 amide bonds. The van der Waals surface area contributed by atoms with E-state index in [1.165, 1.54) is 0 Å². The molecule has 1 atom stereocenters. The maximum atomic E-state index is 12.6. The van der Waals surface area contributed by atoms with Gasteiger partial charge in [0.25, 0.3) is 5.91 Å². The van der Waals surface area contributed by atoms with Crippen LogP contribution in [0.4, 0.5) is 11.6 Å². The van der Waals surface area contributed by atoms with E-state index in [9.17, 15) is 9.90 Å². The lowest BCUT2D eigenvalue weighted by Gasteiger charge is -2.35. The van der Waals surface area contributed by atoms with Crippen molar-refractivity contribution in [2.24, 2.45) is 5.92 Å². The van der Waals surface area contributed by atoms with E-state index in [2.05, 4.69) is 25.0 Å². The third-order valence-corrected chi connectivity index (χ3v) is 7.66. The Labute approximate surface area is 209 Å². The monoisotopic (exact) mass is 494 g/mol. The van der Waals surface area contributed by atoms with E-state index >= 15 is 0 Å². The predicted octanol–water partition coefficient (Wildman–Crippen LogP) is 2.61. The van der Waals surface area contributed by atoms with Gasteiger partial charge in [-0.1, -0.05) is 12.1 Å². The summed E-state index contributed by atoms with van der Waals surface area (Å²) in [5, 5.41) is 21.0. The summed E-state index contributed by atoms with van der Waals surface area (Å²) in [6.45, 7) is 4.60. The van der Waals surface area contributed by atoms with Gasteiger partial charge in [0.05, 0.1) is 6.10 Å². The van der Waals surface area contributed by atoms with Gasteiger partial charge < -0.3 is 24.5 Å². The third kappa shape index (κ3) is 5.71. The lowest BCUT2D eigenvalue weighted by molar-refractivity contribution is -0.135. The molecule has 0 saturated carbocycles. The van der Waals surface area contributed by atoms with Gasteiger partial charge in [0.2, 0.25) is 5.88 Å². The molecule has 3 aromatic rings. The van der Waals surface area contributed by atoms with Gasteiger partial charge in [0.1, 0.15) is 5.82 Å². The first kappa shape index (κ1) is 23.5. The Morgan fingerprint density at radius 1 is 0.971 bits per heavy atom. The smallest absolute Gasteiger partial charge is 0.260 e. The summed E-state index contributed by atoms with van der Waals surface area (Å²) in [6.07, 6.45) is 2.94. The average Bonchev–Trinajstić information content (AvgIpc) is 3.48. The second-order valence-electron chi connectivity index (χ2n) is 8.86. The Morgan fingerprint density at radius 3 is 2.37 bits per heavy atom. The largest absolute Gasteiger partial charge is 0.466 e. The zero-order valence-corrected chi connectivity index (χ0v) is 20.4. The second-order valence-corrected chi connectivity index (χ2v) is 9.84. The van der Waals surface area contributed by atoms with Gasteiger partial charge in [-0.05, 0) is 48.4 Å². The number of nitrogens with zero attached hydrogens (tertiary/aromatic N) is 6. The van der Waals surface area contributed by atoms with Crippen LogP contribution in [0.2, 0.25) is 0 Å². The van der Waals surface area contributed by atoms with E-state index in [-0.39, 0.29) is 18.4 Å². The highest BCUT2D eigenvalue weighted by Gasteiger charge is 2.29. The molecule has 2 aliphatic heterocycles. The molecule has 1 N–H and O–H groups in total. The maximum absolute atomic E-state index is 12.6. The highest BCUT2D eigenvalue weighted by atomic mass is 32.1. The Balaban J connectivity index is 1.05. The van der Waals surface area contributed by atoms with E-state index in [4.69, 9.17) is 4.74 Å². The number of carbonyl (C=O) groups is 1. The van der Waals surface area contributed by atoms with Gasteiger partial charge in [-0.25, -0.2) is 4.98 Å². The minimum atomic E-state index is -0.449. The van der Waals surface area contributed by atoms with Crippen LogP contribution in [-0.4, -0.2) is 77.0 Å². The molecule has 184 valence electrons. The molecule has 5 rings (SSSR count). The number of aliphatic hydroxyl groups is 1. The average molecular weight is 495 g/mol. The van der Waals surface area contributed by atoms with Gasteiger partial charge in [-0.3, -0.25) is 4.79 Å². The predicted molar refractivity (Wildman–Crippen MR) is 135 cm³/mol. The Kier molecular flexibility index (Phi) is 7.39. The highest BCUT2D eigenvalue weighted by molar-refractivity contribution is 7.10. The number of rotatable bonds is 7. The van der Waals surface area contributed by atoms with Crippen molar-refractivity contribution in [2.75, 3.05) is 55.7 Å². The van der Waals surface area contributed by atoms with E-state index in [0.717, 1.165) is 55.5 Å². The van der Waals surface area contributed by atoms with Gasteiger partial charge in [0, 0.05) is 56.4 Å². The molecule has 10 heteroatoms. The number of likely N-dealkylation sites (tertiary alicyclic amines) is 1. The number of hydrogen-bond donors (Lipinski definition) is 1. The lowest BCUT2D eigenvalue weighted by Crippen LogP contribution is -2.47. The van der Waals surface area contributed by atoms with Crippen LogP contribution in [0.1, 0.15) is 23.8 Å². The van der Waals surface area contributed by atoms with Crippen LogP contribution in [-0.2, 0) is 4.79 Å². The van der Waals surface area contributed by atoms with Crippen molar-refractivity contribution in [3.05, 3.63) is 58.9 Å². The molecule has 0 bridgehead atoms. The number of anilines is 2. The van der Waals surface area contributed by atoms with Crippen molar-refractivity contribution in [1.82, 2.24) is 20.1 Å². The van der Waals surface area contributed by atoms with Crippen molar-refractivity contribution in [3.63, 3.8) is 0 Å². The molecule has 9 nitrogen and oxygen atoms in total. The maximum Gasteiger partial charge on any atom is 0.260 e. The van der Waals surface area contributed by atoms with Crippen molar-refractivity contribution < 1.29 is 14.6 Å². The van der Waals surface area contributed by atoms with Crippen LogP contribution in [0.15, 0.2) is 54.0 Å². The van der Waals surface area contributed by atoms with Crippen LogP contribution < -0.4 is 14.5 Å². The number of pyridine rings is 1. The molecule has 35 heavy (non-hydrogen) atoms. The van der Waals surface area contributed by atoms with Gasteiger partial charge in [-0.2, -0.15) is 0 Å². The standard InChI is InChI=1S/C25H30N6O3S/c32-24(31-11-8-19(9-12-31)25(33)20-4-3-17-35-20)18-34-23-7-6-22(27-28-23)30-15-13-29(14-16-30)21-5-1-2-10-26-21/h1-7,10,17,19,25,33H,8-9,11-16,18H2/t25-/m1/s1. The fourth-order valence-corrected chi connectivity index (χ4v) is 5.45. The summed E-state index contributed by atoms with van der Waals surface area (Å²) < 4.78 is 5.62. The first-order chi connectivity index (χ1) is 17.2. The van der Waals surface area contributed by atoms with E-state index < -0.39 is 6.10 Å². The van der Waals surface area contributed by atoms with Gasteiger partial charge >= 0.3 is 0 Å². The molecule has 5 heterocycles. The van der Waals surface area contributed by atoms with Gasteiger partial charge in [-0.15, -0.1) is 21.5 Å². The number of ether oxygens (including phenoxy) is 1. The quantitative estimate of drug-likeness (QED) is 0.536. The van der Waals surface area contributed by atoms with Gasteiger partial charge in [0.15, 0.2) is 12.4 Å². The zero-order chi connectivity index (χ0) is 24.0. The molecule has 2 aliphatic rings. The molecule has 0 spiro atoms. The SMILES string of the molecule is O=C(COc1ccc(N2CCN(c3ccccn3)CC2)nn1)N1CCC([C@@H](O)c2cccs2)CC1. The fourth-order valence-electron chi connectivity index (χ4n) is 4.65. The summed E-state index contributed by atoms with van der Waals surface area (Å²) in [5.74, 6) is 2.26. The first-order valence-electron chi connectivity index (χ1n) is 12.0. The van der Waals surface area contributed by atoms with Crippen LogP contribution in [0.3, 0.4) is 0 Å². The number of piperidine rings is 1. The number of hydrogen-bond acceptors (Lipinski definition) is 9. The Hall–Kier alpha value is -3.24. The number of amides is 1. The highest BCUT2D eigenvalue weighted by Crippen LogP contribution is 2.33. The molecule has 3 aromatic heterocycles. The fraction of sp³-hybridized carbons (Fsp3) is 0.440. The van der Waals surface area contributed by atoms with E-state index in [1.807, 2.05) is 48.0 Å². The lowest BCUT2D eigenvalue weighted by atomic mass is 9.90. The topological polar surface area (TPSA) is 94.9 Å². The molecule has 0 aliphatic carbocycles. The molecule has 0 unspecified atom stereocenters. The van der Waals surface area contributed by atoms with Crippen LogP contribution in [0.5, 0.6) is 5.88 Å². The summed E-state index contributed by atoms with van der Waals surface area (Å²) in [4.78, 5) is 24.3. The minimum absolute atomic E-state index is 0.0606. The summed E-state index contributed by atoms with van der Waals surface area (Å²) in [5.41, 5.74) is 0. The Morgan fingerprint density at radius 2 is 1.74 bits per heavy atom. The minimum Gasteiger partial charge on any atom is -0.466 e. The van der Waals surface area contributed by atoms with Crippen molar-refractivity contribution in [3.8, 4) is 5.88 Å². The molecule has 2 saturated heterocycles. The summed E-state index contributed by atoms with van der Waals surface area (Å²) in [6, 6.07) is 13.5. The van der Waals surface area contributed by atoms with Crippen molar-refractivity contribution in [1.29, 1.82) is 0 Å². The number of carbonyl (C=O) groups excluding carboxylic acids is 1. The normalized spacial score (nSPS) is 17.9. The van der Waals surface area contributed by atoms with E-state index in [0.29, 0.717) is 19.0 Å². The molecule has 2 fully saturated rings. The first-order valence-corrected chi connectivity index (χ1v) is 12.9. The van der Waals surface area contributed by atoms with Crippen LogP contribution in [0, 0.1) is 5.92 Å². The summed E-state index contributed by atoms with van der Waals surface area (Å²) in [7, 11) is 0. The second kappa shape index (κ2) is 11.0. The molecule has 0 aromatic carbocycles. The third-order valence-electron chi connectivity index (χ3n) is 6.72. The molecular weight excluding hydrogens is 464 g/mol. The summed E-state index contributed by atoms with van der Waals surface area (Å²) >= 11 is 1.58. The molecule has 0 radical (unpaired) electrons. The Bertz CT molecular complexity index is 1070. The van der Waals surface area contributed by atoms with Crippen molar-refractivity contribution in [2.45, 2.75) is 18.9 Å². The number of aromatic nitrogens is 3. The number of thiophene rings is 1. The van der Waals surface area contributed by atoms with E-state index in [1.54, 1.807) is 22.3 Å². The van der Waals surface area contributed by atoms with Crippen molar-refractivity contribution >= 4 is 28.9 Å². The number of piperazine rings is 1.